The summed E-state index contributed by atoms with van der Waals surface area (Å²) in [6.07, 6.45) is 7.34. The molecule has 0 bridgehead atoms. The van der Waals surface area contributed by atoms with Gasteiger partial charge in [-0.1, -0.05) is 36.4 Å². The molecular weight excluding hydrogens is 442 g/mol. The van der Waals surface area contributed by atoms with Crippen molar-refractivity contribution in [2.24, 2.45) is 0 Å². The van der Waals surface area contributed by atoms with Gasteiger partial charge in [0.25, 0.3) is 0 Å². The minimum Gasteiger partial charge on any atom is -0.464 e. The molecule has 176 valence electrons. The number of ether oxygens (including phenoxy) is 1. The predicted molar refractivity (Wildman–Crippen MR) is 134 cm³/mol. The lowest BCUT2D eigenvalue weighted by Crippen LogP contribution is -2.14. The molecule has 0 aliphatic carbocycles. The Labute approximate surface area is 202 Å². The van der Waals surface area contributed by atoms with Crippen LogP contribution < -0.4 is 4.90 Å². The first-order valence-electron chi connectivity index (χ1n) is 11.2. The Balaban J connectivity index is 1.51. The van der Waals surface area contributed by atoms with Crippen LogP contribution in [0, 0.1) is 0 Å². The van der Waals surface area contributed by atoms with Crippen molar-refractivity contribution in [3.8, 4) is 33.6 Å². The van der Waals surface area contributed by atoms with Crippen molar-refractivity contribution in [1.82, 2.24) is 29.4 Å². The van der Waals surface area contributed by atoms with Gasteiger partial charge in [-0.2, -0.15) is 14.7 Å². The quantitative estimate of drug-likeness (QED) is 0.335. The number of esters is 1. The number of nitrogens with zero attached hydrogens (tertiary/aromatic N) is 7. The number of hydrogen-bond donors (Lipinski definition) is 0. The van der Waals surface area contributed by atoms with Crippen LogP contribution >= 0.6 is 0 Å². The van der Waals surface area contributed by atoms with Crippen LogP contribution in [-0.4, -0.2) is 56.0 Å². The Morgan fingerprint density at radius 3 is 2.49 bits per heavy atom. The van der Waals surface area contributed by atoms with E-state index in [1.54, 1.807) is 10.9 Å². The number of carbonyl (C=O) groups excluding carboxylic acids is 1. The van der Waals surface area contributed by atoms with Crippen molar-refractivity contribution >= 4 is 17.4 Å². The van der Waals surface area contributed by atoms with E-state index in [1.165, 1.54) is 6.92 Å². The normalized spacial score (nSPS) is 11.1. The smallest absolute Gasteiger partial charge is 0.302 e. The highest BCUT2D eigenvalue weighted by Gasteiger charge is 2.16. The summed E-state index contributed by atoms with van der Waals surface area (Å²) in [5.41, 5.74) is 6.18. The second-order valence-electron chi connectivity index (χ2n) is 8.32. The zero-order valence-corrected chi connectivity index (χ0v) is 19.8. The van der Waals surface area contributed by atoms with Crippen molar-refractivity contribution < 1.29 is 9.53 Å². The van der Waals surface area contributed by atoms with Gasteiger partial charge in [-0.3, -0.25) is 14.5 Å². The molecule has 1 aromatic carbocycles. The monoisotopic (exact) mass is 467 g/mol. The van der Waals surface area contributed by atoms with Gasteiger partial charge < -0.3 is 9.64 Å². The van der Waals surface area contributed by atoms with E-state index in [9.17, 15) is 4.79 Å². The topological polar surface area (TPSA) is 90.4 Å². The van der Waals surface area contributed by atoms with Crippen molar-refractivity contribution in [2.45, 2.75) is 13.5 Å². The van der Waals surface area contributed by atoms with Gasteiger partial charge in [-0.25, -0.2) is 4.98 Å². The molecular formula is C26H25N7O2. The van der Waals surface area contributed by atoms with E-state index < -0.39 is 0 Å². The third kappa shape index (κ3) is 4.61. The third-order valence-electron chi connectivity index (χ3n) is 5.61. The van der Waals surface area contributed by atoms with Crippen LogP contribution in [0.25, 0.3) is 39.3 Å². The van der Waals surface area contributed by atoms with E-state index in [-0.39, 0.29) is 12.6 Å². The lowest BCUT2D eigenvalue weighted by Gasteiger charge is -2.15. The molecule has 9 heteroatoms. The van der Waals surface area contributed by atoms with Gasteiger partial charge in [0.15, 0.2) is 5.65 Å². The molecule has 4 heterocycles. The molecule has 0 atom stereocenters. The Morgan fingerprint density at radius 2 is 1.77 bits per heavy atom. The van der Waals surface area contributed by atoms with Gasteiger partial charge in [0.1, 0.15) is 12.4 Å². The fourth-order valence-electron chi connectivity index (χ4n) is 3.85. The molecule has 0 saturated heterocycles. The number of anilines is 1. The minimum absolute atomic E-state index is 0.268. The number of fused-ring (bicyclic) bond motifs is 1. The fourth-order valence-corrected chi connectivity index (χ4v) is 3.85. The summed E-state index contributed by atoms with van der Waals surface area (Å²) in [5.74, 6) is 0.581. The summed E-state index contributed by atoms with van der Waals surface area (Å²) in [4.78, 5) is 22.6. The van der Waals surface area contributed by atoms with Crippen LogP contribution in [0.3, 0.4) is 0 Å². The largest absolute Gasteiger partial charge is 0.464 e. The molecule has 0 amide bonds. The molecule has 0 fully saturated rings. The summed E-state index contributed by atoms with van der Waals surface area (Å²) in [7, 11) is 3.94. The molecule has 0 radical (unpaired) electrons. The molecule has 5 aromatic rings. The van der Waals surface area contributed by atoms with E-state index in [0.29, 0.717) is 6.54 Å². The number of carbonyl (C=O) groups is 1. The molecule has 4 aromatic heterocycles. The van der Waals surface area contributed by atoms with Crippen LogP contribution in [0.1, 0.15) is 6.92 Å². The van der Waals surface area contributed by atoms with Crippen LogP contribution in [0.15, 0.2) is 73.3 Å². The number of benzene rings is 1. The van der Waals surface area contributed by atoms with E-state index in [4.69, 9.17) is 9.72 Å². The number of hydrogen-bond acceptors (Lipinski definition) is 7. The number of pyridine rings is 1. The lowest BCUT2D eigenvalue weighted by molar-refractivity contribution is -0.141. The first-order valence-corrected chi connectivity index (χ1v) is 11.2. The highest BCUT2D eigenvalue weighted by molar-refractivity contribution is 5.80. The van der Waals surface area contributed by atoms with Crippen LogP contribution in [0.5, 0.6) is 0 Å². The van der Waals surface area contributed by atoms with Crippen molar-refractivity contribution in [1.29, 1.82) is 0 Å². The van der Waals surface area contributed by atoms with Crippen LogP contribution in [0.4, 0.5) is 5.82 Å². The Morgan fingerprint density at radius 1 is 0.943 bits per heavy atom. The van der Waals surface area contributed by atoms with Gasteiger partial charge >= 0.3 is 5.97 Å². The van der Waals surface area contributed by atoms with Gasteiger partial charge in [0.05, 0.1) is 30.3 Å². The van der Waals surface area contributed by atoms with E-state index in [2.05, 4.69) is 15.2 Å². The zero-order valence-electron chi connectivity index (χ0n) is 19.8. The Kier molecular flexibility index (Phi) is 5.97. The van der Waals surface area contributed by atoms with E-state index in [1.807, 2.05) is 90.6 Å². The number of rotatable bonds is 7. The highest BCUT2D eigenvalue weighted by atomic mass is 16.5. The maximum Gasteiger partial charge on any atom is 0.302 e. The Hall–Kier alpha value is -4.53. The summed E-state index contributed by atoms with van der Waals surface area (Å²) in [6.45, 7) is 2.13. The van der Waals surface area contributed by atoms with Crippen molar-refractivity contribution in [3.63, 3.8) is 0 Å². The standard InChI is InChI=1S/C26H25N7O2/c1-18(34)35-12-11-32-17-21(15-28-32)24-13-25(31(2)3)33-26(30-24)22(16-29-33)20-9-10-23(27-14-20)19-7-5-4-6-8-19/h4-10,13-17H,11-12H2,1-3H3. The molecule has 0 saturated carbocycles. The van der Waals surface area contributed by atoms with Gasteiger partial charge in [-0.05, 0) is 6.07 Å². The minimum atomic E-state index is -0.306. The summed E-state index contributed by atoms with van der Waals surface area (Å²) in [5, 5.41) is 9.00. The summed E-state index contributed by atoms with van der Waals surface area (Å²) >= 11 is 0. The first-order chi connectivity index (χ1) is 17.0. The second kappa shape index (κ2) is 9.38. The molecule has 35 heavy (non-hydrogen) atoms. The van der Waals surface area contributed by atoms with E-state index in [0.717, 1.165) is 45.1 Å². The first kappa shape index (κ1) is 22.3. The lowest BCUT2D eigenvalue weighted by atomic mass is 10.1. The average Bonchev–Trinajstić information content (AvgIpc) is 3.51. The molecule has 0 spiro atoms. The molecule has 9 nitrogen and oxygen atoms in total. The average molecular weight is 468 g/mol. The molecule has 0 aliphatic heterocycles. The molecule has 5 rings (SSSR count). The molecule has 0 unspecified atom stereocenters. The van der Waals surface area contributed by atoms with Gasteiger partial charge in [0, 0.05) is 61.7 Å². The van der Waals surface area contributed by atoms with Crippen molar-refractivity contribution in [3.05, 3.63) is 73.3 Å². The van der Waals surface area contributed by atoms with E-state index >= 15 is 0 Å². The predicted octanol–water partition coefficient (Wildman–Crippen LogP) is 3.95. The number of aromatic nitrogens is 6. The van der Waals surface area contributed by atoms with Gasteiger partial charge in [-0.15, -0.1) is 0 Å². The zero-order chi connectivity index (χ0) is 24.4. The summed E-state index contributed by atoms with van der Waals surface area (Å²) < 4.78 is 8.59. The van der Waals surface area contributed by atoms with Crippen LogP contribution in [0.2, 0.25) is 0 Å². The maximum absolute atomic E-state index is 11.0. The van der Waals surface area contributed by atoms with Gasteiger partial charge in [0.2, 0.25) is 0 Å². The summed E-state index contributed by atoms with van der Waals surface area (Å²) in [6, 6.07) is 16.1. The third-order valence-corrected chi connectivity index (χ3v) is 5.61. The SMILES string of the molecule is CC(=O)OCCn1cc(-c2cc(N(C)C)n3ncc(-c4ccc(-c5ccccc5)nc4)c3n2)cn1. The highest BCUT2D eigenvalue weighted by Crippen LogP contribution is 2.30. The fraction of sp³-hybridized carbons (Fsp3) is 0.192. The van der Waals surface area contributed by atoms with Crippen LogP contribution in [-0.2, 0) is 16.1 Å². The second-order valence-corrected chi connectivity index (χ2v) is 8.32. The Bertz CT molecular complexity index is 1470. The molecule has 0 aliphatic rings. The van der Waals surface area contributed by atoms with Crippen molar-refractivity contribution in [2.75, 3.05) is 25.6 Å². The molecule has 0 N–H and O–H groups in total. The maximum atomic E-state index is 11.0.